The lowest BCUT2D eigenvalue weighted by Gasteiger charge is -2.41. The van der Waals surface area contributed by atoms with Crippen LogP contribution in [-0.4, -0.2) is 50.9 Å². The highest BCUT2D eigenvalue weighted by Gasteiger charge is 2.38. The average molecular weight is 483 g/mol. The highest BCUT2D eigenvalue weighted by molar-refractivity contribution is 7.13. The predicted molar refractivity (Wildman–Crippen MR) is 119 cm³/mol. The summed E-state index contributed by atoms with van der Waals surface area (Å²) in [6.07, 6.45) is 1.04. The molecule has 1 saturated heterocycles. The molecule has 0 atom stereocenters. The number of likely N-dealkylation sites (tertiary alicyclic amines) is 1. The molecule has 0 radical (unpaired) electrons. The minimum atomic E-state index is -2.58. The summed E-state index contributed by atoms with van der Waals surface area (Å²) in [5.74, 6) is -1.69. The normalized spacial score (nSPS) is 19.4. The molecule has 2 aromatic heterocycles. The van der Waals surface area contributed by atoms with Gasteiger partial charge in [0.2, 0.25) is 17.7 Å². The van der Waals surface area contributed by atoms with E-state index in [1.807, 2.05) is 20.8 Å². The van der Waals surface area contributed by atoms with Crippen LogP contribution in [0.15, 0.2) is 11.4 Å². The van der Waals surface area contributed by atoms with Crippen molar-refractivity contribution in [1.29, 1.82) is 0 Å². The summed E-state index contributed by atoms with van der Waals surface area (Å²) in [7, 11) is 0. The van der Waals surface area contributed by atoms with E-state index in [0.29, 0.717) is 60.5 Å². The lowest BCUT2D eigenvalue weighted by atomic mass is 9.84. The number of hydrogen-bond donors (Lipinski definition) is 0. The molecular weight excluding hydrogens is 453 g/mol. The van der Waals surface area contributed by atoms with Crippen molar-refractivity contribution in [3.05, 3.63) is 22.8 Å². The van der Waals surface area contributed by atoms with Crippen LogP contribution in [0.1, 0.15) is 57.8 Å². The van der Waals surface area contributed by atoms with Gasteiger partial charge in [0.1, 0.15) is 12.8 Å². The number of ether oxygens (including phenoxy) is 1. The van der Waals surface area contributed by atoms with Crippen LogP contribution in [-0.2, 0) is 17.9 Å². The Morgan fingerprint density at radius 1 is 1.18 bits per heavy atom. The zero-order valence-corrected chi connectivity index (χ0v) is 19.9. The second-order valence-electron chi connectivity index (χ2n) is 10.0. The summed E-state index contributed by atoms with van der Waals surface area (Å²) < 4.78 is 46.1. The van der Waals surface area contributed by atoms with Gasteiger partial charge < -0.3 is 9.64 Å². The van der Waals surface area contributed by atoms with Gasteiger partial charge >= 0.3 is 0 Å². The lowest BCUT2D eigenvalue weighted by Crippen LogP contribution is -2.58. The Bertz CT molecular complexity index is 992. The summed E-state index contributed by atoms with van der Waals surface area (Å²) in [5, 5.41) is 2.11. The summed E-state index contributed by atoms with van der Waals surface area (Å²) in [5.41, 5.74) is 0.566. The fourth-order valence-corrected chi connectivity index (χ4v) is 4.86. The second-order valence-corrected chi connectivity index (χ2v) is 10.9. The summed E-state index contributed by atoms with van der Waals surface area (Å²) in [4.78, 5) is 27.4. The summed E-state index contributed by atoms with van der Waals surface area (Å²) >= 11 is 1.25. The molecule has 1 aliphatic heterocycles. The fraction of sp³-hybridized carbons (Fsp3) is 0.652. The molecule has 0 spiro atoms. The number of hydrogen-bond acceptors (Lipinski definition) is 6. The average Bonchev–Trinajstić information content (AvgIpc) is 3.20. The van der Waals surface area contributed by atoms with E-state index in [4.69, 9.17) is 4.74 Å². The molecule has 180 valence electrons. The molecule has 1 amide bonds. The molecule has 2 aromatic rings. The Morgan fingerprint density at radius 3 is 2.48 bits per heavy atom. The number of rotatable bonds is 6. The van der Waals surface area contributed by atoms with Crippen molar-refractivity contribution in [3.63, 3.8) is 0 Å². The van der Waals surface area contributed by atoms with Crippen molar-refractivity contribution >= 4 is 17.2 Å². The van der Waals surface area contributed by atoms with Crippen molar-refractivity contribution in [2.24, 2.45) is 11.3 Å². The number of nitrogens with zero attached hydrogens (tertiary/aromatic N) is 4. The highest BCUT2D eigenvalue weighted by atomic mass is 32.1. The Hall–Kier alpha value is -2.23. The van der Waals surface area contributed by atoms with Gasteiger partial charge in [-0.2, -0.15) is 4.98 Å². The fourth-order valence-electron chi connectivity index (χ4n) is 4.13. The first kappa shape index (κ1) is 23.9. The third kappa shape index (κ3) is 5.83. The predicted octanol–water partition coefficient (Wildman–Crippen LogP) is 5.07. The molecular formula is C23H29F3N4O2S. The van der Waals surface area contributed by atoms with E-state index >= 15 is 0 Å². The molecule has 3 heterocycles. The Morgan fingerprint density at radius 2 is 1.88 bits per heavy atom. The second kappa shape index (κ2) is 9.19. The minimum absolute atomic E-state index is 0.0713. The van der Waals surface area contributed by atoms with E-state index in [2.05, 4.69) is 15.0 Å². The van der Waals surface area contributed by atoms with Crippen molar-refractivity contribution in [1.82, 2.24) is 19.9 Å². The van der Waals surface area contributed by atoms with Crippen LogP contribution in [0.3, 0.4) is 0 Å². The van der Waals surface area contributed by atoms with Gasteiger partial charge in [0.15, 0.2) is 10.8 Å². The third-order valence-corrected chi connectivity index (χ3v) is 6.92. The zero-order chi connectivity index (χ0) is 23.8. The number of thiazole rings is 1. The lowest BCUT2D eigenvalue weighted by molar-refractivity contribution is -0.148. The molecule has 0 unspecified atom stereocenters. The van der Waals surface area contributed by atoms with Crippen LogP contribution in [0.25, 0.3) is 10.8 Å². The van der Waals surface area contributed by atoms with Crippen molar-refractivity contribution in [3.8, 4) is 16.7 Å². The SMILES string of the molecule is CC(C)(C)C(=O)N1CC(Oc2cc(CC3CCC(F)(F)CC3)nc(-c3nc(CF)cs3)n2)C1. The van der Waals surface area contributed by atoms with E-state index in [-0.39, 0.29) is 30.8 Å². The van der Waals surface area contributed by atoms with Crippen LogP contribution in [0.4, 0.5) is 13.2 Å². The first-order chi connectivity index (χ1) is 15.5. The van der Waals surface area contributed by atoms with Crippen molar-refractivity contribution in [2.75, 3.05) is 13.1 Å². The van der Waals surface area contributed by atoms with Gasteiger partial charge in [-0.15, -0.1) is 11.3 Å². The minimum Gasteiger partial charge on any atom is -0.470 e. The molecule has 4 rings (SSSR count). The third-order valence-electron chi connectivity index (χ3n) is 6.03. The maximum absolute atomic E-state index is 13.5. The van der Waals surface area contributed by atoms with Gasteiger partial charge in [-0.3, -0.25) is 4.79 Å². The first-order valence-electron chi connectivity index (χ1n) is 11.2. The molecule has 1 saturated carbocycles. The van der Waals surface area contributed by atoms with Crippen molar-refractivity contribution < 1.29 is 22.7 Å². The van der Waals surface area contributed by atoms with E-state index in [0.717, 1.165) is 0 Å². The Balaban J connectivity index is 1.49. The summed E-state index contributed by atoms with van der Waals surface area (Å²) in [6, 6.07) is 1.74. The van der Waals surface area contributed by atoms with Gasteiger partial charge in [0, 0.05) is 35.4 Å². The van der Waals surface area contributed by atoms with Gasteiger partial charge in [-0.1, -0.05) is 20.8 Å². The number of halogens is 3. The Labute approximate surface area is 195 Å². The smallest absolute Gasteiger partial charge is 0.248 e. The molecule has 2 aliphatic rings. The van der Waals surface area contributed by atoms with Crippen LogP contribution in [0.2, 0.25) is 0 Å². The first-order valence-corrected chi connectivity index (χ1v) is 12.1. The quantitative estimate of drug-likeness (QED) is 0.575. The molecule has 2 fully saturated rings. The number of amides is 1. The van der Waals surface area contributed by atoms with Crippen LogP contribution in [0.5, 0.6) is 5.88 Å². The molecule has 33 heavy (non-hydrogen) atoms. The highest BCUT2D eigenvalue weighted by Crippen LogP contribution is 2.38. The number of aromatic nitrogens is 3. The number of carbonyl (C=O) groups is 1. The molecule has 0 bridgehead atoms. The topological polar surface area (TPSA) is 68.2 Å². The van der Waals surface area contributed by atoms with Gasteiger partial charge in [0.25, 0.3) is 0 Å². The molecule has 1 aliphatic carbocycles. The monoisotopic (exact) mass is 482 g/mol. The van der Waals surface area contributed by atoms with Crippen molar-refractivity contribution in [2.45, 2.75) is 71.6 Å². The zero-order valence-electron chi connectivity index (χ0n) is 19.1. The van der Waals surface area contributed by atoms with E-state index in [9.17, 15) is 18.0 Å². The largest absolute Gasteiger partial charge is 0.470 e. The van der Waals surface area contributed by atoms with Crippen LogP contribution in [0, 0.1) is 11.3 Å². The summed E-state index contributed by atoms with van der Waals surface area (Å²) in [6.45, 7) is 5.93. The van der Waals surface area contributed by atoms with E-state index in [1.165, 1.54) is 11.3 Å². The van der Waals surface area contributed by atoms with Gasteiger partial charge in [0.05, 0.1) is 18.8 Å². The molecule has 6 nitrogen and oxygen atoms in total. The molecule has 10 heteroatoms. The Kier molecular flexibility index (Phi) is 6.66. The molecule has 0 N–H and O–H groups in total. The standard InChI is InChI=1S/C23H29F3N4O2S/c1-22(2,3)21(31)30-11-17(12-30)32-18-9-15(8-14-4-6-23(25,26)7-5-14)27-19(29-18)20-28-16(10-24)13-33-20/h9,13-14,17H,4-8,10-12H2,1-3H3. The van der Waals surface area contributed by atoms with Crippen LogP contribution < -0.4 is 4.74 Å². The van der Waals surface area contributed by atoms with Gasteiger partial charge in [-0.25, -0.2) is 23.1 Å². The van der Waals surface area contributed by atoms with Gasteiger partial charge in [-0.05, 0) is 25.2 Å². The van der Waals surface area contributed by atoms with Crippen LogP contribution >= 0.6 is 11.3 Å². The number of alkyl halides is 3. The maximum Gasteiger partial charge on any atom is 0.248 e. The van der Waals surface area contributed by atoms with E-state index < -0.39 is 18.0 Å². The molecule has 0 aromatic carbocycles. The maximum atomic E-state index is 13.5. The van der Waals surface area contributed by atoms with E-state index in [1.54, 1.807) is 16.3 Å². The number of carbonyl (C=O) groups excluding carboxylic acids is 1.